The summed E-state index contributed by atoms with van der Waals surface area (Å²) >= 11 is 12.0. The lowest BCUT2D eigenvalue weighted by Gasteiger charge is -2.09. The van der Waals surface area contributed by atoms with Crippen molar-refractivity contribution < 1.29 is 4.74 Å². The average molecular weight is 358 g/mol. The van der Waals surface area contributed by atoms with E-state index in [0.717, 1.165) is 22.6 Å². The van der Waals surface area contributed by atoms with E-state index >= 15 is 0 Å². The monoisotopic (exact) mass is 357 g/mol. The van der Waals surface area contributed by atoms with Gasteiger partial charge in [0.25, 0.3) is 0 Å². The molecule has 0 bridgehead atoms. The zero-order chi connectivity index (χ0) is 16.8. The number of hydrogen-bond donors (Lipinski definition) is 1. The lowest BCUT2D eigenvalue weighted by Crippen LogP contribution is -2.00. The van der Waals surface area contributed by atoms with Gasteiger partial charge in [0.1, 0.15) is 12.4 Å². The first-order valence-electron chi connectivity index (χ1n) is 7.65. The van der Waals surface area contributed by atoms with E-state index in [1.807, 2.05) is 54.6 Å². The molecular formula is C20H17Cl2NO. The zero-order valence-corrected chi connectivity index (χ0v) is 14.5. The Kier molecular flexibility index (Phi) is 5.63. The molecule has 0 radical (unpaired) electrons. The van der Waals surface area contributed by atoms with Crippen LogP contribution in [0.1, 0.15) is 11.1 Å². The molecule has 0 aliphatic heterocycles. The number of ether oxygens (including phenoxy) is 1. The molecule has 0 heterocycles. The van der Waals surface area contributed by atoms with Crippen LogP contribution in [0.2, 0.25) is 10.0 Å². The first-order valence-corrected chi connectivity index (χ1v) is 8.40. The minimum Gasteiger partial charge on any atom is -0.489 e. The lowest BCUT2D eigenvalue weighted by molar-refractivity contribution is 0.306. The highest BCUT2D eigenvalue weighted by molar-refractivity contribution is 6.35. The van der Waals surface area contributed by atoms with Crippen LogP contribution in [0.5, 0.6) is 5.75 Å². The normalized spacial score (nSPS) is 10.4. The fraction of sp³-hybridized carbons (Fsp3) is 0.100. The minimum atomic E-state index is 0.569. The van der Waals surface area contributed by atoms with Crippen molar-refractivity contribution in [3.8, 4) is 5.75 Å². The fourth-order valence-corrected chi connectivity index (χ4v) is 2.83. The Morgan fingerprint density at radius 3 is 2.08 bits per heavy atom. The number of benzene rings is 3. The van der Waals surface area contributed by atoms with Gasteiger partial charge in [-0.15, -0.1) is 0 Å². The molecule has 122 valence electrons. The second-order valence-corrected chi connectivity index (χ2v) is 6.30. The second kappa shape index (κ2) is 8.09. The van der Waals surface area contributed by atoms with E-state index in [2.05, 4.69) is 17.4 Å². The van der Waals surface area contributed by atoms with Crippen LogP contribution < -0.4 is 10.1 Å². The van der Waals surface area contributed by atoms with Crippen molar-refractivity contribution in [2.24, 2.45) is 0 Å². The Morgan fingerprint density at radius 1 is 0.750 bits per heavy atom. The van der Waals surface area contributed by atoms with Crippen molar-refractivity contribution in [3.63, 3.8) is 0 Å². The van der Waals surface area contributed by atoms with Gasteiger partial charge in [-0.3, -0.25) is 0 Å². The van der Waals surface area contributed by atoms with Crippen LogP contribution in [0.4, 0.5) is 5.69 Å². The number of rotatable bonds is 6. The summed E-state index contributed by atoms with van der Waals surface area (Å²) in [5.74, 6) is 0.855. The van der Waals surface area contributed by atoms with Crippen molar-refractivity contribution in [1.29, 1.82) is 0 Å². The van der Waals surface area contributed by atoms with Gasteiger partial charge < -0.3 is 10.1 Å². The van der Waals surface area contributed by atoms with Gasteiger partial charge in [-0.05, 0) is 41.5 Å². The highest BCUT2D eigenvalue weighted by Crippen LogP contribution is 2.23. The van der Waals surface area contributed by atoms with Crippen LogP contribution in [0.25, 0.3) is 0 Å². The molecule has 0 saturated heterocycles. The highest BCUT2D eigenvalue weighted by atomic mass is 35.5. The molecule has 0 fully saturated rings. The van der Waals surface area contributed by atoms with Crippen LogP contribution in [-0.2, 0) is 13.2 Å². The molecule has 0 aliphatic rings. The summed E-state index contributed by atoms with van der Waals surface area (Å²) in [6.45, 7) is 1.26. The largest absolute Gasteiger partial charge is 0.489 e. The molecule has 3 aromatic rings. The molecule has 4 heteroatoms. The summed E-state index contributed by atoms with van der Waals surface area (Å²) in [7, 11) is 0. The molecule has 1 N–H and O–H groups in total. The zero-order valence-electron chi connectivity index (χ0n) is 13.0. The van der Waals surface area contributed by atoms with E-state index in [1.165, 1.54) is 0 Å². The Bertz CT molecular complexity index is 768. The molecule has 0 saturated carbocycles. The van der Waals surface area contributed by atoms with Gasteiger partial charge in [-0.25, -0.2) is 0 Å². The summed E-state index contributed by atoms with van der Waals surface area (Å²) in [6, 6.07) is 23.6. The number of halogens is 2. The maximum absolute atomic E-state index is 6.00. The molecule has 3 aromatic carbocycles. The molecule has 0 unspecified atom stereocenters. The van der Waals surface area contributed by atoms with E-state index in [-0.39, 0.29) is 0 Å². The molecule has 24 heavy (non-hydrogen) atoms. The first-order chi connectivity index (χ1) is 11.7. The quantitative estimate of drug-likeness (QED) is 0.568. The topological polar surface area (TPSA) is 21.3 Å². The fourth-order valence-electron chi connectivity index (χ4n) is 2.30. The third-order valence-electron chi connectivity index (χ3n) is 3.53. The molecule has 0 aliphatic carbocycles. The van der Waals surface area contributed by atoms with Gasteiger partial charge in [-0.1, -0.05) is 65.7 Å². The Balaban J connectivity index is 1.54. The predicted molar refractivity (Wildman–Crippen MR) is 101 cm³/mol. The van der Waals surface area contributed by atoms with Gasteiger partial charge in [-0.2, -0.15) is 0 Å². The Labute approximate surface area is 152 Å². The predicted octanol–water partition coefficient (Wildman–Crippen LogP) is 6.18. The first kappa shape index (κ1) is 16.7. The summed E-state index contributed by atoms with van der Waals surface area (Å²) in [4.78, 5) is 0. The van der Waals surface area contributed by atoms with E-state index in [4.69, 9.17) is 27.9 Å². The van der Waals surface area contributed by atoms with E-state index < -0.39 is 0 Å². The van der Waals surface area contributed by atoms with Crippen LogP contribution in [0.15, 0.2) is 72.8 Å². The summed E-state index contributed by atoms with van der Waals surface area (Å²) < 4.78 is 5.79. The van der Waals surface area contributed by atoms with E-state index in [0.29, 0.717) is 23.2 Å². The smallest absolute Gasteiger partial charge is 0.119 e. The third kappa shape index (κ3) is 4.92. The van der Waals surface area contributed by atoms with Gasteiger partial charge in [0.15, 0.2) is 0 Å². The maximum atomic E-state index is 6.00. The summed E-state index contributed by atoms with van der Waals surface area (Å²) in [5, 5.41) is 4.55. The van der Waals surface area contributed by atoms with Crippen molar-refractivity contribution in [1.82, 2.24) is 0 Å². The molecule has 0 amide bonds. The highest BCUT2D eigenvalue weighted by Gasteiger charge is 2.00. The number of anilines is 1. The van der Waals surface area contributed by atoms with Crippen molar-refractivity contribution in [2.45, 2.75) is 13.2 Å². The Hall–Kier alpha value is -2.16. The van der Waals surface area contributed by atoms with Crippen molar-refractivity contribution in [2.75, 3.05) is 5.32 Å². The standard InChI is InChI=1S/C20H17Cl2NO/c21-17-10-18(22)12-19(11-17)23-13-15-6-8-20(9-7-15)24-14-16-4-2-1-3-5-16/h1-12,23H,13-14H2. The molecule has 3 rings (SSSR count). The van der Waals surface area contributed by atoms with Crippen LogP contribution >= 0.6 is 23.2 Å². The van der Waals surface area contributed by atoms with E-state index in [1.54, 1.807) is 6.07 Å². The van der Waals surface area contributed by atoms with Gasteiger partial charge >= 0.3 is 0 Å². The van der Waals surface area contributed by atoms with E-state index in [9.17, 15) is 0 Å². The number of nitrogens with one attached hydrogen (secondary N) is 1. The third-order valence-corrected chi connectivity index (χ3v) is 3.97. The molecular weight excluding hydrogens is 341 g/mol. The molecule has 0 spiro atoms. The average Bonchev–Trinajstić information content (AvgIpc) is 2.59. The van der Waals surface area contributed by atoms with Gasteiger partial charge in [0, 0.05) is 22.3 Å². The van der Waals surface area contributed by atoms with Crippen LogP contribution in [0, 0.1) is 0 Å². The second-order valence-electron chi connectivity index (χ2n) is 5.43. The Morgan fingerprint density at radius 2 is 1.42 bits per heavy atom. The lowest BCUT2D eigenvalue weighted by atomic mass is 10.2. The van der Waals surface area contributed by atoms with Crippen LogP contribution in [0.3, 0.4) is 0 Å². The van der Waals surface area contributed by atoms with Crippen molar-refractivity contribution >= 4 is 28.9 Å². The molecule has 2 nitrogen and oxygen atoms in total. The minimum absolute atomic E-state index is 0.569. The van der Waals surface area contributed by atoms with Gasteiger partial charge in [0.05, 0.1) is 0 Å². The molecule has 0 aromatic heterocycles. The maximum Gasteiger partial charge on any atom is 0.119 e. The SMILES string of the molecule is Clc1cc(Cl)cc(NCc2ccc(OCc3ccccc3)cc2)c1. The number of hydrogen-bond acceptors (Lipinski definition) is 2. The van der Waals surface area contributed by atoms with Crippen molar-refractivity contribution in [3.05, 3.63) is 94.0 Å². The van der Waals surface area contributed by atoms with Gasteiger partial charge in [0.2, 0.25) is 0 Å². The molecule has 0 atom stereocenters. The summed E-state index contributed by atoms with van der Waals surface area (Å²) in [5.41, 5.74) is 3.20. The van der Waals surface area contributed by atoms with Crippen LogP contribution in [-0.4, -0.2) is 0 Å². The summed E-state index contributed by atoms with van der Waals surface area (Å²) in [6.07, 6.45) is 0.